The molecule has 6 aromatic carbocycles. The van der Waals surface area contributed by atoms with Gasteiger partial charge in [-0.3, -0.25) is 9.55 Å². The summed E-state index contributed by atoms with van der Waals surface area (Å²) in [5, 5.41) is 7.34. The molecule has 0 aliphatic rings. The van der Waals surface area contributed by atoms with Crippen LogP contribution in [-0.2, 0) is 0 Å². The lowest BCUT2D eigenvalue weighted by Gasteiger charge is -2.09. The molecule has 0 aliphatic carbocycles. The largest absolute Gasteiger partial charge is 0.309 e. The summed E-state index contributed by atoms with van der Waals surface area (Å²) in [7, 11) is 0. The first-order valence-electron chi connectivity index (χ1n) is 15.2. The predicted octanol–water partition coefficient (Wildman–Crippen LogP) is 9.77. The summed E-state index contributed by atoms with van der Waals surface area (Å²) in [6.07, 6.45) is 5.31. The van der Waals surface area contributed by atoms with Gasteiger partial charge in [-0.2, -0.15) is 0 Å². The SMILES string of the molecule is c1ccc2c(c1)c1ccccc1n2-c1ccc2c(c1)c1cc(-n3c4ccccc4c4ccccc43)ccc1n2-c1cnccn1. The minimum absolute atomic E-state index is 0.798. The summed E-state index contributed by atoms with van der Waals surface area (Å²) < 4.78 is 6.99. The monoisotopic (exact) mass is 575 g/mol. The van der Waals surface area contributed by atoms with Gasteiger partial charge in [0, 0.05) is 56.1 Å². The Hall–Kier alpha value is -6.20. The van der Waals surface area contributed by atoms with Crippen LogP contribution in [0.15, 0.2) is 152 Å². The van der Waals surface area contributed by atoms with E-state index in [1.807, 2.05) is 6.20 Å². The molecular formula is C40H25N5. The third kappa shape index (κ3) is 3.38. The number of hydrogen-bond acceptors (Lipinski definition) is 2. The first kappa shape index (κ1) is 24.3. The highest BCUT2D eigenvalue weighted by molar-refractivity contribution is 6.13. The van der Waals surface area contributed by atoms with Crippen molar-refractivity contribution in [3.63, 3.8) is 0 Å². The summed E-state index contributed by atoms with van der Waals surface area (Å²) in [5.41, 5.74) is 9.22. The molecule has 0 saturated heterocycles. The standard InChI is InChI=1S/C40H25N5/c1-5-13-34-28(9-1)29-10-2-6-14-35(29)43(34)26-17-19-38-32(23-26)33-24-27(18-20-39(33)45(38)40-25-41-21-22-42-40)44-36-15-7-3-11-30(36)31-12-4-8-16-37(31)44/h1-25H. The van der Waals surface area contributed by atoms with Gasteiger partial charge in [0.05, 0.1) is 39.3 Å². The van der Waals surface area contributed by atoms with Crippen molar-refractivity contribution in [3.8, 4) is 17.2 Å². The smallest absolute Gasteiger partial charge is 0.156 e. The third-order valence-corrected chi connectivity index (χ3v) is 9.19. The molecule has 45 heavy (non-hydrogen) atoms. The van der Waals surface area contributed by atoms with Crippen molar-refractivity contribution in [2.45, 2.75) is 0 Å². The van der Waals surface area contributed by atoms with Gasteiger partial charge in [-0.1, -0.05) is 72.8 Å². The molecule has 0 spiro atoms. The maximum Gasteiger partial charge on any atom is 0.156 e. The molecule has 0 radical (unpaired) electrons. The third-order valence-electron chi connectivity index (χ3n) is 9.19. The highest BCUT2D eigenvalue weighted by atomic mass is 15.1. The van der Waals surface area contributed by atoms with Crippen LogP contribution in [0.3, 0.4) is 0 Å². The van der Waals surface area contributed by atoms with E-state index < -0.39 is 0 Å². The molecule has 0 bridgehead atoms. The van der Waals surface area contributed by atoms with Crippen molar-refractivity contribution in [2.75, 3.05) is 0 Å². The Labute approximate surface area is 257 Å². The van der Waals surface area contributed by atoms with Crippen molar-refractivity contribution in [3.05, 3.63) is 152 Å². The summed E-state index contributed by atoms with van der Waals surface area (Å²) in [5.74, 6) is 0.798. The average Bonchev–Trinajstić information content (AvgIpc) is 3.74. The maximum atomic E-state index is 4.72. The number of rotatable bonds is 3. The molecule has 5 heteroatoms. The Balaban J connectivity index is 1.31. The van der Waals surface area contributed by atoms with Crippen molar-refractivity contribution >= 4 is 65.4 Å². The quantitative estimate of drug-likeness (QED) is 0.210. The average molecular weight is 576 g/mol. The lowest BCUT2D eigenvalue weighted by Crippen LogP contribution is -1.98. The Morgan fingerprint density at radius 3 is 1.16 bits per heavy atom. The van der Waals surface area contributed by atoms with Gasteiger partial charge in [-0.25, -0.2) is 4.98 Å². The van der Waals surface area contributed by atoms with E-state index in [1.165, 1.54) is 43.6 Å². The second-order valence-electron chi connectivity index (χ2n) is 11.5. The second kappa shape index (κ2) is 9.15. The zero-order chi connectivity index (χ0) is 29.5. The van der Waals surface area contributed by atoms with Gasteiger partial charge in [0.2, 0.25) is 0 Å². The van der Waals surface area contributed by atoms with Gasteiger partial charge in [-0.15, -0.1) is 0 Å². The van der Waals surface area contributed by atoms with Crippen molar-refractivity contribution in [1.82, 2.24) is 23.7 Å². The molecular weight excluding hydrogens is 550 g/mol. The predicted molar refractivity (Wildman–Crippen MR) is 185 cm³/mol. The number of nitrogens with zero attached hydrogens (tertiary/aromatic N) is 5. The van der Waals surface area contributed by atoms with Gasteiger partial charge in [0.25, 0.3) is 0 Å². The van der Waals surface area contributed by atoms with E-state index in [9.17, 15) is 0 Å². The van der Waals surface area contributed by atoms with Crippen LogP contribution < -0.4 is 0 Å². The summed E-state index contributed by atoms with van der Waals surface area (Å²) in [6, 6.07) is 48.2. The van der Waals surface area contributed by atoms with Crippen LogP contribution in [0, 0.1) is 0 Å². The first-order chi connectivity index (χ1) is 22.3. The lowest BCUT2D eigenvalue weighted by molar-refractivity contribution is 1.04. The van der Waals surface area contributed by atoms with Crippen LogP contribution in [0.5, 0.6) is 0 Å². The van der Waals surface area contributed by atoms with Crippen molar-refractivity contribution < 1.29 is 0 Å². The number of para-hydroxylation sites is 4. The van der Waals surface area contributed by atoms with Crippen LogP contribution in [0.2, 0.25) is 0 Å². The molecule has 4 aromatic heterocycles. The second-order valence-corrected chi connectivity index (χ2v) is 11.5. The summed E-state index contributed by atoms with van der Waals surface area (Å²) in [6.45, 7) is 0. The minimum Gasteiger partial charge on any atom is -0.309 e. The van der Waals surface area contributed by atoms with Crippen LogP contribution in [0.1, 0.15) is 0 Å². The number of benzene rings is 6. The fourth-order valence-corrected chi connectivity index (χ4v) is 7.33. The molecule has 10 aromatic rings. The van der Waals surface area contributed by atoms with E-state index in [4.69, 9.17) is 4.98 Å². The molecule has 5 nitrogen and oxygen atoms in total. The summed E-state index contributed by atoms with van der Waals surface area (Å²) in [4.78, 5) is 9.14. The fraction of sp³-hybridized carbons (Fsp3) is 0. The van der Waals surface area contributed by atoms with Gasteiger partial charge in [-0.05, 0) is 60.7 Å². The normalized spacial score (nSPS) is 12.0. The lowest BCUT2D eigenvalue weighted by atomic mass is 10.1. The van der Waals surface area contributed by atoms with Crippen LogP contribution in [-0.4, -0.2) is 23.7 Å². The molecule has 0 fully saturated rings. The molecule has 0 N–H and O–H groups in total. The Morgan fingerprint density at radius 2 is 0.756 bits per heavy atom. The Bertz CT molecular complexity index is 2490. The minimum atomic E-state index is 0.798. The van der Waals surface area contributed by atoms with E-state index >= 15 is 0 Å². The van der Waals surface area contributed by atoms with E-state index in [1.54, 1.807) is 12.4 Å². The number of aromatic nitrogens is 5. The van der Waals surface area contributed by atoms with Gasteiger partial charge in [0.15, 0.2) is 5.82 Å². The topological polar surface area (TPSA) is 40.6 Å². The first-order valence-corrected chi connectivity index (χ1v) is 15.2. The van der Waals surface area contributed by atoms with E-state index in [2.05, 4.69) is 152 Å². The zero-order valence-electron chi connectivity index (χ0n) is 24.2. The highest BCUT2D eigenvalue weighted by Gasteiger charge is 2.19. The van der Waals surface area contributed by atoms with E-state index in [0.29, 0.717) is 0 Å². The van der Waals surface area contributed by atoms with Crippen LogP contribution >= 0.6 is 0 Å². The zero-order valence-corrected chi connectivity index (χ0v) is 24.2. The van der Waals surface area contributed by atoms with Crippen LogP contribution in [0.25, 0.3) is 82.6 Å². The Morgan fingerprint density at radius 1 is 0.356 bits per heavy atom. The molecule has 0 aliphatic heterocycles. The summed E-state index contributed by atoms with van der Waals surface area (Å²) >= 11 is 0. The highest BCUT2D eigenvalue weighted by Crippen LogP contribution is 2.39. The van der Waals surface area contributed by atoms with E-state index in [-0.39, 0.29) is 0 Å². The molecule has 4 heterocycles. The Kier molecular flexibility index (Phi) is 4.93. The number of hydrogen-bond donors (Lipinski definition) is 0. The van der Waals surface area contributed by atoms with Gasteiger partial charge >= 0.3 is 0 Å². The van der Waals surface area contributed by atoms with E-state index in [0.717, 1.165) is 39.0 Å². The fourth-order valence-electron chi connectivity index (χ4n) is 7.33. The van der Waals surface area contributed by atoms with Crippen molar-refractivity contribution in [2.24, 2.45) is 0 Å². The van der Waals surface area contributed by atoms with Gasteiger partial charge < -0.3 is 9.13 Å². The van der Waals surface area contributed by atoms with Gasteiger partial charge in [0.1, 0.15) is 0 Å². The molecule has 0 saturated carbocycles. The molecule has 210 valence electrons. The molecule has 0 unspecified atom stereocenters. The maximum absolute atomic E-state index is 4.72. The van der Waals surface area contributed by atoms with Crippen molar-refractivity contribution in [1.29, 1.82) is 0 Å². The molecule has 10 rings (SSSR count). The van der Waals surface area contributed by atoms with Crippen LogP contribution in [0.4, 0.5) is 0 Å². The number of fused-ring (bicyclic) bond motifs is 9. The molecule has 0 atom stereocenters. The molecule has 0 amide bonds.